The second-order valence-electron chi connectivity index (χ2n) is 7.41. The summed E-state index contributed by atoms with van der Waals surface area (Å²) in [4.78, 5) is 26.1. The number of carbonyl (C=O) groups is 2. The molecular formula is C23H28N2O4. The van der Waals surface area contributed by atoms with E-state index in [4.69, 9.17) is 15.2 Å². The number of piperidine rings is 1. The van der Waals surface area contributed by atoms with E-state index in [1.165, 1.54) is 0 Å². The molecule has 2 aromatic carbocycles. The summed E-state index contributed by atoms with van der Waals surface area (Å²) >= 11 is 0. The predicted octanol–water partition coefficient (Wildman–Crippen LogP) is 3.50. The van der Waals surface area contributed by atoms with Crippen LogP contribution < -0.4 is 5.73 Å². The Bertz CT molecular complexity index is 774. The Kier molecular flexibility index (Phi) is 7.64. The first-order chi connectivity index (χ1) is 14.1. The number of nitrogens with zero attached hydrogens (tertiary/aromatic N) is 1. The minimum absolute atomic E-state index is 0.235. The van der Waals surface area contributed by atoms with Gasteiger partial charge in [0.1, 0.15) is 19.3 Å². The fourth-order valence-corrected chi connectivity index (χ4v) is 3.45. The molecule has 1 heterocycles. The standard InChI is InChI=1S/C23H28N2O4/c24-21(22(26)28-16-19-7-3-1-4-8-19)15-18-11-13-25(14-12-18)23(27)29-17-20-9-5-2-6-10-20/h1-10,18,21H,11-17,24H2. The molecule has 6 nitrogen and oxygen atoms in total. The first-order valence-electron chi connectivity index (χ1n) is 10.0. The monoisotopic (exact) mass is 396 g/mol. The molecule has 29 heavy (non-hydrogen) atoms. The summed E-state index contributed by atoms with van der Waals surface area (Å²) in [6, 6.07) is 18.5. The third kappa shape index (κ3) is 6.61. The summed E-state index contributed by atoms with van der Waals surface area (Å²) in [5.74, 6) is -0.0778. The van der Waals surface area contributed by atoms with Crippen molar-refractivity contribution < 1.29 is 19.1 Å². The summed E-state index contributed by atoms with van der Waals surface area (Å²) in [5, 5.41) is 0. The van der Waals surface area contributed by atoms with Gasteiger partial charge >= 0.3 is 12.1 Å². The Morgan fingerprint density at radius 1 is 0.897 bits per heavy atom. The number of ether oxygens (including phenoxy) is 2. The van der Waals surface area contributed by atoms with Crippen LogP contribution in [0, 0.1) is 5.92 Å². The molecule has 1 atom stereocenters. The van der Waals surface area contributed by atoms with Crippen LogP contribution in [-0.4, -0.2) is 36.1 Å². The molecule has 1 unspecified atom stereocenters. The molecular weight excluding hydrogens is 368 g/mol. The number of amides is 1. The highest BCUT2D eigenvalue weighted by molar-refractivity contribution is 5.75. The lowest BCUT2D eigenvalue weighted by Gasteiger charge is -2.32. The lowest BCUT2D eigenvalue weighted by molar-refractivity contribution is -0.147. The molecule has 1 amide bonds. The van der Waals surface area contributed by atoms with Crippen LogP contribution in [0.5, 0.6) is 0 Å². The zero-order valence-corrected chi connectivity index (χ0v) is 16.5. The number of esters is 1. The Hall–Kier alpha value is -2.86. The van der Waals surface area contributed by atoms with E-state index in [-0.39, 0.29) is 25.3 Å². The quantitative estimate of drug-likeness (QED) is 0.725. The van der Waals surface area contributed by atoms with E-state index in [0.717, 1.165) is 24.0 Å². The lowest BCUT2D eigenvalue weighted by atomic mass is 9.90. The van der Waals surface area contributed by atoms with E-state index in [1.54, 1.807) is 4.90 Å². The Balaban J connectivity index is 1.35. The minimum Gasteiger partial charge on any atom is -0.460 e. The molecule has 1 fully saturated rings. The van der Waals surface area contributed by atoms with Crippen molar-refractivity contribution >= 4 is 12.1 Å². The van der Waals surface area contributed by atoms with Gasteiger partial charge in [0.25, 0.3) is 0 Å². The topological polar surface area (TPSA) is 81.9 Å². The van der Waals surface area contributed by atoms with E-state index in [9.17, 15) is 9.59 Å². The Morgan fingerprint density at radius 2 is 1.41 bits per heavy atom. The molecule has 154 valence electrons. The van der Waals surface area contributed by atoms with E-state index < -0.39 is 6.04 Å². The third-order valence-corrected chi connectivity index (χ3v) is 5.19. The van der Waals surface area contributed by atoms with Crippen LogP contribution in [0.3, 0.4) is 0 Å². The van der Waals surface area contributed by atoms with Crippen molar-refractivity contribution in [1.29, 1.82) is 0 Å². The molecule has 0 aromatic heterocycles. The summed E-state index contributed by atoms with van der Waals surface area (Å²) in [5.41, 5.74) is 7.95. The summed E-state index contributed by atoms with van der Waals surface area (Å²) in [6.45, 7) is 1.74. The molecule has 0 spiro atoms. The lowest BCUT2D eigenvalue weighted by Crippen LogP contribution is -2.41. The molecule has 1 aliphatic heterocycles. The molecule has 0 radical (unpaired) electrons. The van der Waals surface area contributed by atoms with Gasteiger partial charge in [-0.25, -0.2) is 4.79 Å². The number of hydrogen-bond acceptors (Lipinski definition) is 5. The second kappa shape index (κ2) is 10.6. The number of hydrogen-bond donors (Lipinski definition) is 1. The van der Waals surface area contributed by atoms with E-state index in [0.29, 0.717) is 25.4 Å². The zero-order valence-electron chi connectivity index (χ0n) is 16.5. The van der Waals surface area contributed by atoms with Gasteiger partial charge in [-0.3, -0.25) is 4.79 Å². The molecule has 6 heteroatoms. The first-order valence-corrected chi connectivity index (χ1v) is 10.0. The van der Waals surface area contributed by atoms with Gasteiger partial charge in [-0.2, -0.15) is 0 Å². The highest BCUT2D eigenvalue weighted by Crippen LogP contribution is 2.22. The van der Waals surface area contributed by atoms with Gasteiger partial charge in [0.15, 0.2) is 0 Å². The van der Waals surface area contributed by atoms with Crippen LogP contribution in [0.1, 0.15) is 30.4 Å². The zero-order chi connectivity index (χ0) is 20.5. The highest BCUT2D eigenvalue weighted by Gasteiger charge is 2.27. The minimum atomic E-state index is -0.639. The van der Waals surface area contributed by atoms with Crippen LogP contribution in [0.4, 0.5) is 4.79 Å². The highest BCUT2D eigenvalue weighted by atomic mass is 16.6. The van der Waals surface area contributed by atoms with Crippen molar-refractivity contribution in [3.05, 3.63) is 71.8 Å². The molecule has 0 aliphatic carbocycles. The van der Waals surface area contributed by atoms with Crippen molar-refractivity contribution in [3.63, 3.8) is 0 Å². The third-order valence-electron chi connectivity index (χ3n) is 5.19. The molecule has 2 aromatic rings. The summed E-state index contributed by atoms with van der Waals surface area (Å²) < 4.78 is 10.7. The van der Waals surface area contributed by atoms with Crippen LogP contribution in [0.15, 0.2) is 60.7 Å². The van der Waals surface area contributed by atoms with Gasteiger partial charge in [-0.1, -0.05) is 60.7 Å². The van der Waals surface area contributed by atoms with E-state index >= 15 is 0 Å². The van der Waals surface area contributed by atoms with Gasteiger partial charge < -0.3 is 20.1 Å². The smallest absolute Gasteiger partial charge is 0.410 e. The number of nitrogens with two attached hydrogens (primary N) is 1. The van der Waals surface area contributed by atoms with Crippen LogP contribution in [0.25, 0.3) is 0 Å². The second-order valence-corrected chi connectivity index (χ2v) is 7.41. The van der Waals surface area contributed by atoms with E-state index in [2.05, 4.69) is 0 Å². The number of likely N-dealkylation sites (tertiary alicyclic amines) is 1. The number of benzene rings is 2. The molecule has 2 N–H and O–H groups in total. The van der Waals surface area contributed by atoms with Gasteiger partial charge in [0, 0.05) is 13.1 Å². The van der Waals surface area contributed by atoms with Crippen LogP contribution in [-0.2, 0) is 27.5 Å². The van der Waals surface area contributed by atoms with Crippen molar-refractivity contribution in [2.24, 2.45) is 11.7 Å². The maximum Gasteiger partial charge on any atom is 0.410 e. The van der Waals surface area contributed by atoms with Gasteiger partial charge in [-0.15, -0.1) is 0 Å². The van der Waals surface area contributed by atoms with Crippen molar-refractivity contribution in [2.75, 3.05) is 13.1 Å². The molecule has 0 bridgehead atoms. The Labute approximate surface area is 171 Å². The molecule has 3 rings (SSSR count). The molecule has 0 saturated carbocycles. The predicted molar refractivity (Wildman–Crippen MR) is 110 cm³/mol. The SMILES string of the molecule is NC(CC1CCN(C(=O)OCc2ccccc2)CC1)C(=O)OCc1ccccc1. The van der Waals surface area contributed by atoms with Crippen molar-refractivity contribution in [2.45, 2.75) is 38.5 Å². The summed E-state index contributed by atoms with van der Waals surface area (Å²) in [6.07, 6.45) is 1.89. The average Bonchev–Trinajstić information content (AvgIpc) is 2.77. The van der Waals surface area contributed by atoms with Crippen LogP contribution >= 0.6 is 0 Å². The molecule has 1 aliphatic rings. The normalized spacial score (nSPS) is 15.6. The van der Waals surface area contributed by atoms with Crippen molar-refractivity contribution in [3.8, 4) is 0 Å². The Morgan fingerprint density at radius 3 is 1.97 bits per heavy atom. The number of carbonyl (C=O) groups excluding carboxylic acids is 2. The first kappa shape index (κ1) is 20.9. The molecule has 1 saturated heterocycles. The van der Waals surface area contributed by atoms with Gasteiger partial charge in [-0.05, 0) is 36.3 Å². The fraction of sp³-hybridized carbons (Fsp3) is 0.391. The van der Waals surface area contributed by atoms with E-state index in [1.807, 2.05) is 60.7 Å². The van der Waals surface area contributed by atoms with Crippen molar-refractivity contribution in [1.82, 2.24) is 4.90 Å². The maximum absolute atomic E-state index is 12.2. The van der Waals surface area contributed by atoms with Gasteiger partial charge in [0.2, 0.25) is 0 Å². The number of rotatable bonds is 7. The van der Waals surface area contributed by atoms with Crippen LogP contribution in [0.2, 0.25) is 0 Å². The largest absolute Gasteiger partial charge is 0.460 e. The fourth-order valence-electron chi connectivity index (χ4n) is 3.45. The van der Waals surface area contributed by atoms with Gasteiger partial charge in [0.05, 0.1) is 0 Å². The average molecular weight is 396 g/mol. The maximum atomic E-state index is 12.2. The summed E-state index contributed by atoms with van der Waals surface area (Å²) in [7, 11) is 0.